The molecule has 0 saturated carbocycles. The summed E-state index contributed by atoms with van der Waals surface area (Å²) in [5, 5.41) is 3.02. The van der Waals surface area contributed by atoms with Crippen LogP contribution in [-0.2, 0) is 9.59 Å². The van der Waals surface area contributed by atoms with Crippen molar-refractivity contribution in [2.75, 3.05) is 13.1 Å². The number of hydrogen-bond acceptors (Lipinski definition) is 3. The molecule has 3 N–H and O–H groups in total. The van der Waals surface area contributed by atoms with E-state index in [2.05, 4.69) is 5.32 Å². The van der Waals surface area contributed by atoms with Crippen molar-refractivity contribution in [3.8, 4) is 0 Å². The van der Waals surface area contributed by atoms with Gasteiger partial charge in [0.15, 0.2) is 0 Å². The maximum atomic E-state index is 12.1. The van der Waals surface area contributed by atoms with E-state index in [-0.39, 0.29) is 23.8 Å². The van der Waals surface area contributed by atoms with Crippen LogP contribution in [0, 0.1) is 5.92 Å². The van der Waals surface area contributed by atoms with E-state index >= 15 is 0 Å². The van der Waals surface area contributed by atoms with Crippen molar-refractivity contribution >= 4 is 11.8 Å². The molecule has 19 heavy (non-hydrogen) atoms. The summed E-state index contributed by atoms with van der Waals surface area (Å²) in [5.41, 5.74) is 5.88. The quantitative estimate of drug-likeness (QED) is 0.778. The van der Waals surface area contributed by atoms with Crippen LogP contribution in [0.25, 0.3) is 0 Å². The molecule has 5 heteroatoms. The zero-order chi connectivity index (χ0) is 14.4. The van der Waals surface area contributed by atoms with Crippen molar-refractivity contribution < 1.29 is 9.59 Å². The van der Waals surface area contributed by atoms with Crippen molar-refractivity contribution in [3.05, 3.63) is 0 Å². The number of nitrogens with one attached hydrogen (secondary N) is 1. The molecular weight excluding hydrogens is 242 g/mol. The molecule has 5 nitrogen and oxygen atoms in total. The monoisotopic (exact) mass is 269 g/mol. The molecule has 1 rings (SSSR count). The summed E-state index contributed by atoms with van der Waals surface area (Å²) in [4.78, 5) is 25.4. The molecule has 0 aromatic rings. The van der Waals surface area contributed by atoms with Gasteiger partial charge in [0.05, 0.1) is 6.04 Å². The van der Waals surface area contributed by atoms with Gasteiger partial charge in [0.25, 0.3) is 0 Å². The van der Waals surface area contributed by atoms with Crippen LogP contribution in [0.5, 0.6) is 0 Å². The molecular formula is C14H27N3O2. The first-order valence-electron chi connectivity index (χ1n) is 7.29. The minimum absolute atomic E-state index is 0.0355. The number of nitrogens with two attached hydrogens (primary N) is 1. The Morgan fingerprint density at radius 3 is 2.37 bits per heavy atom. The first kappa shape index (κ1) is 16.0. The lowest BCUT2D eigenvalue weighted by Crippen LogP contribution is -2.52. The van der Waals surface area contributed by atoms with Crippen LogP contribution < -0.4 is 11.1 Å². The summed E-state index contributed by atoms with van der Waals surface area (Å²) in [6.45, 7) is 7.29. The van der Waals surface area contributed by atoms with Crippen LogP contribution in [0.3, 0.4) is 0 Å². The van der Waals surface area contributed by atoms with E-state index in [0.29, 0.717) is 19.5 Å². The van der Waals surface area contributed by atoms with E-state index in [1.807, 2.05) is 25.7 Å². The Bertz CT molecular complexity index is 310. The zero-order valence-corrected chi connectivity index (χ0v) is 12.3. The Hall–Kier alpha value is -1.10. The van der Waals surface area contributed by atoms with E-state index in [1.54, 1.807) is 0 Å². The zero-order valence-electron chi connectivity index (χ0n) is 12.3. The van der Waals surface area contributed by atoms with E-state index in [0.717, 1.165) is 19.3 Å². The maximum absolute atomic E-state index is 12.1. The smallest absolute Gasteiger partial charge is 0.239 e. The molecule has 0 aromatic carbocycles. The minimum Gasteiger partial charge on any atom is -0.353 e. The fourth-order valence-corrected chi connectivity index (χ4v) is 2.27. The van der Waals surface area contributed by atoms with Gasteiger partial charge in [-0.1, -0.05) is 20.8 Å². The SMILES string of the molecule is CCCC(=O)NC1CCN(C(=O)C(N)C(C)C)CC1. The molecule has 1 heterocycles. The van der Waals surface area contributed by atoms with E-state index < -0.39 is 6.04 Å². The van der Waals surface area contributed by atoms with E-state index in [1.165, 1.54) is 0 Å². The van der Waals surface area contributed by atoms with Crippen molar-refractivity contribution in [2.45, 2.75) is 58.5 Å². The van der Waals surface area contributed by atoms with E-state index in [9.17, 15) is 9.59 Å². The Balaban J connectivity index is 2.36. The van der Waals surface area contributed by atoms with Crippen LogP contribution in [-0.4, -0.2) is 41.9 Å². The molecule has 2 amide bonds. The molecule has 1 aliphatic rings. The molecule has 1 fully saturated rings. The number of piperidine rings is 1. The van der Waals surface area contributed by atoms with Crippen LogP contribution in [0.4, 0.5) is 0 Å². The van der Waals surface area contributed by atoms with Gasteiger partial charge in [-0.25, -0.2) is 0 Å². The van der Waals surface area contributed by atoms with Crippen LogP contribution >= 0.6 is 0 Å². The molecule has 0 bridgehead atoms. The normalized spacial score (nSPS) is 18.5. The number of carbonyl (C=O) groups excluding carboxylic acids is 2. The minimum atomic E-state index is -0.411. The maximum Gasteiger partial charge on any atom is 0.239 e. The fourth-order valence-electron chi connectivity index (χ4n) is 2.27. The second-order valence-corrected chi connectivity index (χ2v) is 5.69. The second kappa shape index (κ2) is 7.48. The van der Waals surface area contributed by atoms with Crippen LogP contribution in [0.2, 0.25) is 0 Å². The summed E-state index contributed by atoms with van der Waals surface area (Å²) in [6.07, 6.45) is 3.10. The number of nitrogens with zero attached hydrogens (tertiary/aromatic N) is 1. The molecule has 110 valence electrons. The summed E-state index contributed by atoms with van der Waals surface area (Å²) in [6, 6.07) is -0.204. The van der Waals surface area contributed by atoms with Gasteiger partial charge in [-0.3, -0.25) is 9.59 Å². The molecule has 0 radical (unpaired) electrons. The molecule has 0 aromatic heterocycles. The molecule has 1 atom stereocenters. The predicted molar refractivity (Wildman–Crippen MR) is 75.5 cm³/mol. The number of hydrogen-bond donors (Lipinski definition) is 2. The topological polar surface area (TPSA) is 75.4 Å². The average molecular weight is 269 g/mol. The Kier molecular flexibility index (Phi) is 6.28. The van der Waals surface area contributed by atoms with Gasteiger partial charge in [-0.2, -0.15) is 0 Å². The standard InChI is InChI=1S/C14H27N3O2/c1-4-5-12(18)16-11-6-8-17(9-7-11)14(19)13(15)10(2)3/h10-11,13H,4-9,15H2,1-3H3,(H,16,18). The van der Waals surface area contributed by atoms with Gasteiger partial charge >= 0.3 is 0 Å². The summed E-state index contributed by atoms with van der Waals surface area (Å²) in [7, 11) is 0. The number of rotatable bonds is 5. The van der Waals surface area contributed by atoms with Crippen LogP contribution in [0.15, 0.2) is 0 Å². The molecule has 1 unspecified atom stereocenters. The summed E-state index contributed by atoms with van der Waals surface area (Å²) >= 11 is 0. The van der Waals surface area contributed by atoms with Gasteiger partial charge in [-0.05, 0) is 25.2 Å². The molecule has 1 saturated heterocycles. The molecule has 1 aliphatic heterocycles. The third-order valence-electron chi connectivity index (χ3n) is 3.65. The lowest BCUT2D eigenvalue weighted by atomic mass is 10.0. The Morgan fingerprint density at radius 1 is 1.32 bits per heavy atom. The first-order valence-corrected chi connectivity index (χ1v) is 7.29. The molecule has 0 aliphatic carbocycles. The number of amides is 2. The number of carbonyl (C=O) groups is 2. The third kappa shape index (κ3) is 4.82. The van der Waals surface area contributed by atoms with Crippen molar-refractivity contribution in [2.24, 2.45) is 11.7 Å². The highest BCUT2D eigenvalue weighted by Crippen LogP contribution is 2.13. The Morgan fingerprint density at radius 2 is 1.89 bits per heavy atom. The van der Waals surface area contributed by atoms with Gasteiger partial charge in [0.2, 0.25) is 11.8 Å². The third-order valence-corrected chi connectivity index (χ3v) is 3.65. The fraction of sp³-hybridized carbons (Fsp3) is 0.857. The van der Waals surface area contributed by atoms with E-state index in [4.69, 9.17) is 5.73 Å². The lowest BCUT2D eigenvalue weighted by Gasteiger charge is -2.34. The summed E-state index contributed by atoms with van der Waals surface area (Å²) < 4.78 is 0. The van der Waals surface area contributed by atoms with Gasteiger partial charge < -0.3 is 16.0 Å². The number of likely N-dealkylation sites (tertiary alicyclic amines) is 1. The Labute approximate surface area is 115 Å². The summed E-state index contributed by atoms with van der Waals surface area (Å²) in [5.74, 6) is 0.314. The largest absolute Gasteiger partial charge is 0.353 e. The average Bonchev–Trinajstić information content (AvgIpc) is 2.38. The lowest BCUT2D eigenvalue weighted by molar-refractivity contribution is -0.134. The van der Waals surface area contributed by atoms with Crippen molar-refractivity contribution in [3.63, 3.8) is 0 Å². The predicted octanol–water partition coefficient (Wildman–Crippen LogP) is 0.877. The second-order valence-electron chi connectivity index (χ2n) is 5.69. The first-order chi connectivity index (χ1) is 8.95. The molecule has 0 spiro atoms. The van der Waals surface area contributed by atoms with Gasteiger partial charge in [0.1, 0.15) is 0 Å². The highest BCUT2D eigenvalue weighted by Gasteiger charge is 2.28. The van der Waals surface area contributed by atoms with Crippen molar-refractivity contribution in [1.82, 2.24) is 10.2 Å². The van der Waals surface area contributed by atoms with Gasteiger partial charge in [-0.15, -0.1) is 0 Å². The van der Waals surface area contributed by atoms with Crippen LogP contribution in [0.1, 0.15) is 46.5 Å². The van der Waals surface area contributed by atoms with Gasteiger partial charge in [0, 0.05) is 25.6 Å². The highest BCUT2D eigenvalue weighted by atomic mass is 16.2. The highest BCUT2D eigenvalue weighted by molar-refractivity contribution is 5.82. The van der Waals surface area contributed by atoms with Crippen molar-refractivity contribution in [1.29, 1.82) is 0 Å².